The second kappa shape index (κ2) is 9.25. The molecule has 1 unspecified atom stereocenters. The summed E-state index contributed by atoms with van der Waals surface area (Å²) in [7, 11) is -2.42. The van der Waals surface area contributed by atoms with E-state index in [2.05, 4.69) is 23.0 Å². The summed E-state index contributed by atoms with van der Waals surface area (Å²) in [4.78, 5) is 14.3. The van der Waals surface area contributed by atoms with Gasteiger partial charge in [-0.15, -0.1) is 11.3 Å². The van der Waals surface area contributed by atoms with Crippen LogP contribution in [0.15, 0.2) is 53.4 Å². The summed E-state index contributed by atoms with van der Waals surface area (Å²) in [5.41, 5.74) is 1.84. The number of carbonyl (C=O) groups excluding carboxylic acids is 1. The molecular formula is C24H23N3O4S2. The van der Waals surface area contributed by atoms with E-state index in [0.29, 0.717) is 22.2 Å². The number of hydrogen-bond donors (Lipinski definition) is 2. The molecule has 0 spiro atoms. The lowest BCUT2D eigenvalue weighted by Gasteiger charge is -2.17. The monoisotopic (exact) mass is 481 g/mol. The van der Waals surface area contributed by atoms with Gasteiger partial charge in [0.25, 0.3) is 15.9 Å². The molecule has 1 amide bonds. The molecule has 170 valence electrons. The summed E-state index contributed by atoms with van der Waals surface area (Å²) in [6.45, 7) is 2.18. The first-order chi connectivity index (χ1) is 15.8. The Morgan fingerprint density at radius 2 is 1.91 bits per heavy atom. The number of methoxy groups -OCH3 is 1. The van der Waals surface area contributed by atoms with E-state index in [-0.39, 0.29) is 16.1 Å². The number of nitrogens with zero attached hydrogens (tertiary/aromatic N) is 1. The summed E-state index contributed by atoms with van der Waals surface area (Å²) >= 11 is 1.43. The lowest BCUT2D eigenvalue weighted by Crippen LogP contribution is -2.18. The molecule has 0 saturated heterocycles. The van der Waals surface area contributed by atoms with E-state index in [4.69, 9.17) is 4.74 Å². The Balaban J connectivity index is 1.60. The van der Waals surface area contributed by atoms with Gasteiger partial charge in [0.15, 0.2) is 0 Å². The number of sulfonamides is 1. The fraction of sp³-hybridized carbons (Fsp3) is 0.250. The molecule has 0 bridgehead atoms. The zero-order chi connectivity index (χ0) is 23.6. The Hall–Kier alpha value is -3.35. The number of thiophene rings is 1. The summed E-state index contributed by atoms with van der Waals surface area (Å²) in [6.07, 6.45) is 2.73. The lowest BCUT2D eigenvalue weighted by molar-refractivity contribution is 0.102. The maximum absolute atomic E-state index is 13.1. The van der Waals surface area contributed by atoms with Crippen molar-refractivity contribution in [1.82, 2.24) is 0 Å². The lowest BCUT2D eigenvalue weighted by atomic mass is 9.88. The molecule has 2 N–H and O–H groups in total. The smallest absolute Gasteiger partial charge is 0.261 e. The highest BCUT2D eigenvalue weighted by Gasteiger charge is 2.26. The molecule has 4 rings (SSSR count). The van der Waals surface area contributed by atoms with Crippen molar-refractivity contribution in [3.8, 4) is 11.8 Å². The standard InChI is InChI=1S/C24H23N3O4S2/c1-15-7-12-18-20(14-25)24(32-22(18)13-15)26-23(28)19-5-3-4-6-21(19)27-33(29,30)17-10-8-16(31-2)9-11-17/h3-6,8-11,15,27H,7,12-13H2,1-2H3,(H,26,28). The average molecular weight is 482 g/mol. The molecule has 9 heteroatoms. The average Bonchev–Trinajstić information content (AvgIpc) is 3.14. The third-order valence-electron chi connectivity index (χ3n) is 5.64. The number of ether oxygens (including phenoxy) is 1. The zero-order valence-corrected chi connectivity index (χ0v) is 19.8. The van der Waals surface area contributed by atoms with Gasteiger partial charge in [-0.25, -0.2) is 8.42 Å². The largest absolute Gasteiger partial charge is 0.497 e. The van der Waals surface area contributed by atoms with E-state index < -0.39 is 15.9 Å². The van der Waals surface area contributed by atoms with Gasteiger partial charge in [0.1, 0.15) is 16.8 Å². The van der Waals surface area contributed by atoms with Crippen molar-refractivity contribution in [2.24, 2.45) is 5.92 Å². The first kappa shape index (κ1) is 22.8. The van der Waals surface area contributed by atoms with E-state index in [0.717, 1.165) is 29.7 Å². The van der Waals surface area contributed by atoms with Crippen LogP contribution in [0.4, 0.5) is 10.7 Å². The molecule has 0 saturated carbocycles. The minimum Gasteiger partial charge on any atom is -0.497 e. The molecule has 2 aromatic carbocycles. The van der Waals surface area contributed by atoms with Gasteiger partial charge in [-0.05, 0) is 67.1 Å². The van der Waals surface area contributed by atoms with Crippen molar-refractivity contribution >= 4 is 38.0 Å². The number of amides is 1. The van der Waals surface area contributed by atoms with Crippen LogP contribution < -0.4 is 14.8 Å². The molecule has 0 aliphatic heterocycles. The third-order valence-corrected chi connectivity index (χ3v) is 8.19. The van der Waals surface area contributed by atoms with E-state index in [1.165, 1.54) is 36.6 Å². The maximum Gasteiger partial charge on any atom is 0.261 e. The van der Waals surface area contributed by atoms with Gasteiger partial charge in [-0.1, -0.05) is 19.1 Å². The molecule has 0 radical (unpaired) electrons. The van der Waals surface area contributed by atoms with Gasteiger partial charge in [-0.2, -0.15) is 5.26 Å². The van der Waals surface area contributed by atoms with Crippen molar-refractivity contribution in [1.29, 1.82) is 5.26 Å². The maximum atomic E-state index is 13.1. The number of hydrogen-bond acceptors (Lipinski definition) is 6. The molecule has 0 fully saturated rings. The van der Waals surface area contributed by atoms with Gasteiger partial charge in [0.05, 0.1) is 28.8 Å². The number of anilines is 2. The molecule has 7 nitrogen and oxygen atoms in total. The normalized spacial score (nSPS) is 15.2. The van der Waals surface area contributed by atoms with Gasteiger partial charge in [-0.3, -0.25) is 9.52 Å². The minimum absolute atomic E-state index is 0.0466. The second-order valence-electron chi connectivity index (χ2n) is 7.95. The van der Waals surface area contributed by atoms with E-state index in [1.807, 2.05) is 0 Å². The topological polar surface area (TPSA) is 108 Å². The van der Waals surface area contributed by atoms with Crippen LogP contribution in [-0.2, 0) is 22.9 Å². The van der Waals surface area contributed by atoms with Crippen molar-refractivity contribution < 1.29 is 17.9 Å². The van der Waals surface area contributed by atoms with Crippen molar-refractivity contribution in [3.05, 3.63) is 70.1 Å². The van der Waals surface area contributed by atoms with Gasteiger partial charge in [0, 0.05) is 4.88 Å². The number of nitrogens with one attached hydrogen (secondary N) is 2. The van der Waals surface area contributed by atoms with E-state index >= 15 is 0 Å². The van der Waals surface area contributed by atoms with Crippen LogP contribution in [0.1, 0.15) is 39.7 Å². The Bertz CT molecular complexity index is 1340. The number of fused-ring (bicyclic) bond motifs is 1. The molecular weight excluding hydrogens is 458 g/mol. The van der Waals surface area contributed by atoms with Crippen LogP contribution in [0.5, 0.6) is 5.75 Å². The predicted molar refractivity (Wildman–Crippen MR) is 128 cm³/mol. The second-order valence-corrected chi connectivity index (χ2v) is 10.7. The molecule has 1 aliphatic rings. The first-order valence-corrected chi connectivity index (χ1v) is 12.7. The fourth-order valence-corrected chi connectivity index (χ4v) is 6.29. The predicted octanol–water partition coefficient (Wildman–Crippen LogP) is 4.81. The van der Waals surface area contributed by atoms with E-state index in [9.17, 15) is 18.5 Å². The summed E-state index contributed by atoms with van der Waals surface area (Å²) < 4.78 is 33.3. The first-order valence-electron chi connectivity index (χ1n) is 10.4. The number of benzene rings is 2. The van der Waals surface area contributed by atoms with E-state index in [1.54, 1.807) is 30.3 Å². The quantitative estimate of drug-likeness (QED) is 0.525. The third kappa shape index (κ3) is 4.72. The zero-order valence-electron chi connectivity index (χ0n) is 18.2. The van der Waals surface area contributed by atoms with Gasteiger partial charge >= 0.3 is 0 Å². The van der Waals surface area contributed by atoms with Crippen LogP contribution in [0.25, 0.3) is 0 Å². The van der Waals surface area contributed by atoms with Crippen LogP contribution >= 0.6 is 11.3 Å². The summed E-state index contributed by atoms with van der Waals surface area (Å²) in [5.74, 6) is 0.598. The highest BCUT2D eigenvalue weighted by Crippen LogP contribution is 2.39. The highest BCUT2D eigenvalue weighted by atomic mass is 32.2. The Kier molecular flexibility index (Phi) is 6.40. The number of rotatable bonds is 6. The number of nitriles is 1. The Morgan fingerprint density at radius 1 is 1.18 bits per heavy atom. The molecule has 1 atom stereocenters. The van der Waals surface area contributed by atoms with Crippen LogP contribution in [0.2, 0.25) is 0 Å². The molecule has 1 heterocycles. The molecule has 1 aromatic heterocycles. The van der Waals surface area contributed by atoms with Crippen molar-refractivity contribution in [2.75, 3.05) is 17.1 Å². The summed E-state index contributed by atoms with van der Waals surface area (Å²) in [6, 6.07) is 14.6. The fourth-order valence-electron chi connectivity index (χ4n) is 3.86. The molecule has 1 aliphatic carbocycles. The van der Waals surface area contributed by atoms with Crippen LogP contribution in [0, 0.1) is 17.2 Å². The minimum atomic E-state index is -3.92. The van der Waals surface area contributed by atoms with Crippen LogP contribution in [-0.4, -0.2) is 21.4 Å². The molecule has 33 heavy (non-hydrogen) atoms. The SMILES string of the molecule is COc1ccc(S(=O)(=O)Nc2ccccc2C(=O)Nc2sc3c(c2C#N)CCC(C)C3)cc1. The van der Waals surface area contributed by atoms with Gasteiger partial charge in [0.2, 0.25) is 0 Å². The number of carbonyl (C=O) groups is 1. The molecule has 3 aromatic rings. The Morgan fingerprint density at radius 3 is 2.61 bits per heavy atom. The van der Waals surface area contributed by atoms with Crippen LogP contribution in [0.3, 0.4) is 0 Å². The van der Waals surface area contributed by atoms with Crippen molar-refractivity contribution in [3.63, 3.8) is 0 Å². The summed E-state index contributed by atoms with van der Waals surface area (Å²) in [5, 5.41) is 13.0. The Labute approximate surface area is 197 Å². The number of para-hydroxylation sites is 1. The van der Waals surface area contributed by atoms with Crippen molar-refractivity contribution in [2.45, 2.75) is 31.1 Å². The van der Waals surface area contributed by atoms with Gasteiger partial charge < -0.3 is 10.1 Å². The highest BCUT2D eigenvalue weighted by molar-refractivity contribution is 7.92.